The first-order valence-corrected chi connectivity index (χ1v) is 28.6. The second kappa shape index (κ2) is 10.3. The largest absolute Gasteiger partial charge is 0.192 e. The first kappa shape index (κ1) is 28.7. The maximum absolute atomic E-state index is 9.22. The average Bonchev–Trinajstić information content (AvgIpc) is 3.59. The van der Waals surface area contributed by atoms with Crippen LogP contribution in [0.25, 0.3) is 9.75 Å². The molecule has 0 N–H and O–H groups in total. The summed E-state index contributed by atoms with van der Waals surface area (Å²) in [6, 6.07) is 30.8. The summed E-state index contributed by atoms with van der Waals surface area (Å²) >= 11 is 4.01. The highest BCUT2D eigenvalue weighted by molar-refractivity contribution is 7.57. The fourth-order valence-corrected chi connectivity index (χ4v) is 29.9. The van der Waals surface area contributed by atoms with Gasteiger partial charge >= 0.3 is 0 Å². The van der Waals surface area contributed by atoms with Crippen LogP contribution in [0.2, 0.25) is 52.4 Å². The topological polar surface area (TPSA) is 47.6 Å². The van der Waals surface area contributed by atoms with Gasteiger partial charge in [0.2, 0.25) is 0 Å². The molecule has 38 heavy (non-hydrogen) atoms. The predicted molar refractivity (Wildman–Crippen MR) is 178 cm³/mol. The van der Waals surface area contributed by atoms with Crippen molar-refractivity contribution in [3.63, 3.8) is 0 Å². The molecular weight excluding hydrogens is 565 g/mol. The fraction of sp³-hybridized carbons (Fsp3) is 0.267. The molecule has 0 saturated carbocycles. The monoisotopic (exact) mass is 600 g/mol. The lowest BCUT2D eigenvalue weighted by Crippen LogP contribution is -2.68. The van der Waals surface area contributed by atoms with Crippen molar-refractivity contribution in [2.24, 2.45) is 0 Å². The molecule has 2 aromatic carbocycles. The van der Waals surface area contributed by atoms with Crippen LogP contribution in [0, 0.1) is 22.7 Å². The molecule has 0 aliphatic rings. The fourth-order valence-electron chi connectivity index (χ4n) is 4.87. The minimum Gasteiger partial charge on any atom is -0.192 e. The van der Waals surface area contributed by atoms with Crippen LogP contribution in [-0.2, 0) is 0 Å². The number of nitrogens with zero attached hydrogens (tertiary/aromatic N) is 2. The molecule has 0 aliphatic carbocycles. The van der Waals surface area contributed by atoms with Crippen molar-refractivity contribution >= 4 is 72.4 Å². The second-order valence-corrected chi connectivity index (χ2v) is 45.3. The van der Waals surface area contributed by atoms with Crippen molar-refractivity contribution in [2.45, 2.75) is 52.4 Å². The van der Waals surface area contributed by atoms with Gasteiger partial charge in [-0.1, -0.05) is 99.1 Å². The van der Waals surface area contributed by atoms with Gasteiger partial charge in [-0.05, 0) is 45.4 Å². The number of benzene rings is 2. The van der Waals surface area contributed by atoms with E-state index in [0.717, 1.165) is 11.1 Å². The average molecular weight is 601 g/mol. The lowest BCUT2D eigenvalue weighted by Gasteiger charge is -2.38. The summed E-state index contributed by atoms with van der Waals surface area (Å²) in [5, 5.41) is 21.3. The van der Waals surface area contributed by atoms with Crippen molar-refractivity contribution in [1.82, 2.24) is 0 Å². The van der Waals surface area contributed by atoms with Crippen LogP contribution in [0.5, 0.6) is 0 Å². The molecule has 0 amide bonds. The Balaban J connectivity index is 1.62. The van der Waals surface area contributed by atoms with Crippen molar-refractivity contribution < 1.29 is 0 Å². The third-order valence-corrected chi connectivity index (χ3v) is 50.7. The summed E-state index contributed by atoms with van der Waals surface area (Å²) in [5.41, 5.74) is 1.48. The van der Waals surface area contributed by atoms with E-state index < -0.39 is 30.4 Å². The van der Waals surface area contributed by atoms with Gasteiger partial charge in [-0.3, -0.25) is 0 Å². The van der Waals surface area contributed by atoms with Crippen LogP contribution < -0.4 is 19.4 Å². The standard InChI is InChI=1S/C30H36N2S2Si4/c1-35(2,25-13-9-23(21-31)10-14-25)37(5,6)29-19-17-27(33-29)28-18-20-30(34-28)38(7,8)36(3,4)26-15-11-24(22-32)12-16-26/h9-20H,1-8H3. The summed E-state index contributed by atoms with van der Waals surface area (Å²) in [7, 11) is -6.91. The quantitative estimate of drug-likeness (QED) is 0.229. The Kier molecular flexibility index (Phi) is 7.81. The lowest BCUT2D eigenvalue weighted by molar-refractivity contribution is 1.49. The first-order valence-electron chi connectivity index (χ1n) is 13.0. The van der Waals surface area contributed by atoms with Gasteiger partial charge in [-0.15, -0.1) is 22.7 Å². The molecule has 8 heteroatoms. The number of hydrogen-bond donors (Lipinski definition) is 0. The molecule has 2 aromatic heterocycles. The van der Waals surface area contributed by atoms with Crippen molar-refractivity contribution in [3.8, 4) is 21.9 Å². The Morgan fingerprint density at radius 3 is 1.05 bits per heavy atom. The van der Waals surface area contributed by atoms with Gasteiger partial charge < -0.3 is 0 Å². The molecule has 0 radical (unpaired) electrons. The summed E-state index contributed by atoms with van der Waals surface area (Å²) in [6.45, 7) is 20.2. The maximum Gasteiger partial charge on any atom is 0.0991 e. The van der Waals surface area contributed by atoms with Crippen LogP contribution in [0.3, 0.4) is 0 Å². The summed E-state index contributed by atoms with van der Waals surface area (Å²) in [4.78, 5) is 2.79. The molecule has 4 aromatic rings. The van der Waals surface area contributed by atoms with E-state index in [2.05, 4.69) is 113 Å². The number of rotatable bonds is 7. The third-order valence-electron chi connectivity index (χ3n) is 9.28. The van der Waals surface area contributed by atoms with Crippen LogP contribution >= 0.6 is 22.7 Å². The second-order valence-electron chi connectivity index (χ2n) is 12.2. The Morgan fingerprint density at radius 2 is 0.763 bits per heavy atom. The Morgan fingerprint density at radius 1 is 0.447 bits per heavy atom. The van der Waals surface area contributed by atoms with Crippen LogP contribution in [0.1, 0.15) is 11.1 Å². The van der Waals surface area contributed by atoms with E-state index in [0.29, 0.717) is 0 Å². The summed E-state index contributed by atoms with van der Waals surface area (Å²) in [6.07, 6.45) is 0. The highest BCUT2D eigenvalue weighted by Crippen LogP contribution is 2.33. The molecule has 0 bridgehead atoms. The zero-order valence-corrected chi connectivity index (χ0v) is 29.3. The van der Waals surface area contributed by atoms with Gasteiger partial charge in [-0.2, -0.15) is 10.5 Å². The van der Waals surface area contributed by atoms with E-state index in [4.69, 9.17) is 0 Å². The highest BCUT2D eigenvalue weighted by atomic mass is 32.1. The van der Waals surface area contributed by atoms with Gasteiger partial charge in [0.05, 0.1) is 53.6 Å². The van der Waals surface area contributed by atoms with E-state index in [-0.39, 0.29) is 0 Å². The third kappa shape index (κ3) is 4.90. The Bertz CT molecular complexity index is 1410. The zero-order valence-electron chi connectivity index (χ0n) is 23.6. The first-order chi connectivity index (χ1) is 17.8. The van der Waals surface area contributed by atoms with Gasteiger partial charge in [0.1, 0.15) is 0 Å². The summed E-state index contributed by atoms with van der Waals surface area (Å²) < 4.78 is 3.15. The summed E-state index contributed by atoms with van der Waals surface area (Å²) in [5.74, 6) is 0. The van der Waals surface area contributed by atoms with Crippen molar-refractivity contribution in [3.05, 3.63) is 83.9 Å². The van der Waals surface area contributed by atoms with Gasteiger partial charge in [0.25, 0.3) is 0 Å². The lowest BCUT2D eigenvalue weighted by atomic mass is 10.2. The zero-order chi connectivity index (χ0) is 27.9. The van der Waals surface area contributed by atoms with E-state index in [1.807, 2.05) is 46.9 Å². The van der Waals surface area contributed by atoms with Gasteiger partial charge in [-0.25, -0.2) is 0 Å². The van der Waals surface area contributed by atoms with Crippen LogP contribution in [-0.4, -0.2) is 30.4 Å². The molecular formula is C30H36N2S2Si4. The van der Waals surface area contributed by atoms with Crippen molar-refractivity contribution in [2.75, 3.05) is 0 Å². The molecule has 2 nitrogen and oxygen atoms in total. The predicted octanol–water partition coefficient (Wildman–Crippen LogP) is 6.44. The van der Waals surface area contributed by atoms with E-state index in [1.165, 1.54) is 20.1 Å². The van der Waals surface area contributed by atoms with Crippen molar-refractivity contribution in [1.29, 1.82) is 10.5 Å². The molecule has 194 valence electrons. The van der Waals surface area contributed by atoms with E-state index in [9.17, 15) is 10.5 Å². The molecule has 0 spiro atoms. The molecule has 0 unspecified atom stereocenters. The van der Waals surface area contributed by atoms with E-state index >= 15 is 0 Å². The smallest absolute Gasteiger partial charge is 0.0991 e. The minimum atomic E-state index is -1.73. The molecule has 0 aliphatic heterocycles. The van der Waals surface area contributed by atoms with Crippen LogP contribution in [0.4, 0.5) is 0 Å². The maximum atomic E-state index is 9.22. The normalized spacial score (nSPS) is 12.7. The minimum absolute atomic E-state index is 0.738. The van der Waals surface area contributed by atoms with E-state index in [1.54, 1.807) is 9.00 Å². The van der Waals surface area contributed by atoms with Crippen LogP contribution in [0.15, 0.2) is 72.8 Å². The SMILES string of the molecule is C[Si](C)(c1ccc(C#N)cc1)[Si](C)(C)c1ccc(-c2ccc([Si](C)(C)[Si](C)(C)c3ccc(C#N)cc3)s2)s1. The Labute approximate surface area is 239 Å². The number of hydrogen-bond acceptors (Lipinski definition) is 4. The highest BCUT2D eigenvalue weighted by Gasteiger charge is 2.46. The van der Waals surface area contributed by atoms with Gasteiger partial charge in [0.15, 0.2) is 0 Å². The molecule has 0 fully saturated rings. The molecule has 0 atom stereocenters. The Hall–Kier alpha value is -2.31. The molecule has 4 rings (SSSR count). The number of thiophene rings is 2. The number of nitriles is 2. The molecule has 2 heterocycles. The van der Waals surface area contributed by atoms with Gasteiger partial charge in [0, 0.05) is 9.75 Å². The molecule has 0 saturated heterocycles.